The SMILES string of the molecule is CC(C)(C)OC(=O)N1CCC(F)(CC2(F)CCN(C(=O)OCc3ccccc3)CC2)CC1. The number of piperidine rings is 2. The lowest BCUT2D eigenvalue weighted by Crippen LogP contribution is -2.51. The molecule has 0 radical (unpaired) electrons. The number of rotatable bonds is 4. The lowest BCUT2D eigenvalue weighted by atomic mass is 9.78. The zero-order valence-electron chi connectivity index (χ0n) is 19.2. The van der Waals surface area contributed by atoms with Crippen LogP contribution in [-0.2, 0) is 16.1 Å². The van der Waals surface area contributed by atoms with Crippen molar-refractivity contribution in [3.05, 3.63) is 35.9 Å². The van der Waals surface area contributed by atoms with Gasteiger partial charge in [0, 0.05) is 32.6 Å². The van der Waals surface area contributed by atoms with Crippen LogP contribution in [0.1, 0.15) is 58.4 Å². The predicted molar refractivity (Wildman–Crippen MR) is 117 cm³/mol. The molecule has 2 saturated heterocycles. The number of benzene rings is 1. The van der Waals surface area contributed by atoms with Gasteiger partial charge in [0.05, 0.1) is 0 Å². The number of hydrogen-bond acceptors (Lipinski definition) is 4. The molecule has 0 aliphatic carbocycles. The average molecular weight is 453 g/mol. The van der Waals surface area contributed by atoms with Crippen LogP contribution in [0.4, 0.5) is 18.4 Å². The number of alkyl halides is 2. The van der Waals surface area contributed by atoms with Crippen molar-refractivity contribution in [1.29, 1.82) is 0 Å². The van der Waals surface area contributed by atoms with Gasteiger partial charge in [-0.05, 0) is 52.0 Å². The van der Waals surface area contributed by atoms with Crippen LogP contribution in [0.3, 0.4) is 0 Å². The standard InChI is InChI=1S/C24H34F2N2O4/c1-22(2,3)32-21(30)28-15-11-24(26,12-16-28)18-23(25)9-13-27(14-10-23)20(29)31-17-19-7-5-4-6-8-19/h4-8H,9-18H2,1-3H3. The van der Waals surface area contributed by atoms with Crippen LogP contribution in [-0.4, -0.2) is 65.1 Å². The van der Waals surface area contributed by atoms with Crippen LogP contribution < -0.4 is 0 Å². The molecule has 0 spiro atoms. The van der Waals surface area contributed by atoms with Crippen molar-refractivity contribution in [2.75, 3.05) is 26.2 Å². The zero-order valence-corrected chi connectivity index (χ0v) is 19.2. The molecular formula is C24H34F2N2O4. The van der Waals surface area contributed by atoms with Crippen molar-refractivity contribution < 1.29 is 27.8 Å². The Kier molecular flexibility index (Phi) is 7.30. The Hall–Kier alpha value is -2.38. The van der Waals surface area contributed by atoms with E-state index in [4.69, 9.17) is 9.47 Å². The summed E-state index contributed by atoms with van der Waals surface area (Å²) in [6, 6.07) is 9.35. The summed E-state index contributed by atoms with van der Waals surface area (Å²) in [5.74, 6) is 0. The molecule has 1 aromatic rings. The number of amides is 2. The highest BCUT2D eigenvalue weighted by Crippen LogP contribution is 2.41. The van der Waals surface area contributed by atoms with E-state index in [-0.39, 0.29) is 64.9 Å². The predicted octanol–water partition coefficient (Wildman–Crippen LogP) is 5.26. The van der Waals surface area contributed by atoms with Crippen molar-refractivity contribution in [3.8, 4) is 0 Å². The first kappa shape index (κ1) is 24.3. The third kappa shape index (κ3) is 6.81. The molecule has 3 rings (SSSR count). The Labute approximate surface area is 188 Å². The van der Waals surface area contributed by atoms with Crippen LogP contribution in [0.15, 0.2) is 30.3 Å². The fraction of sp³-hybridized carbons (Fsp3) is 0.667. The smallest absolute Gasteiger partial charge is 0.410 e. The van der Waals surface area contributed by atoms with Gasteiger partial charge in [-0.15, -0.1) is 0 Å². The monoisotopic (exact) mass is 452 g/mol. The van der Waals surface area contributed by atoms with E-state index in [0.29, 0.717) is 0 Å². The fourth-order valence-electron chi connectivity index (χ4n) is 4.24. The molecule has 2 aliphatic heterocycles. The fourth-order valence-corrected chi connectivity index (χ4v) is 4.24. The molecule has 0 atom stereocenters. The van der Waals surface area contributed by atoms with Gasteiger partial charge in [-0.1, -0.05) is 30.3 Å². The molecule has 2 heterocycles. The van der Waals surface area contributed by atoms with E-state index in [2.05, 4.69) is 0 Å². The minimum atomic E-state index is -1.67. The van der Waals surface area contributed by atoms with Crippen LogP contribution in [0.5, 0.6) is 0 Å². The van der Waals surface area contributed by atoms with Crippen molar-refractivity contribution in [1.82, 2.24) is 9.80 Å². The molecule has 2 amide bonds. The summed E-state index contributed by atoms with van der Waals surface area (Å²) in [6.07, 6.45) is -0.825. The Balaban J connectivity index is 1.44. The third-order valence-electron chi connectivity index (χ3n) is 6.07. The van der Waals surface area contributed by atoms with Gasteiger partial charge in [0.1, 0.15) is 23.5 Å². The van der Waals surface area contributed by atoms with E-state index >= 15 is 8.78 Å². The number of likely N-dealkylation sites (tertiary alicyclic amines) is 2. The van der Waals surface area contributed by atoms with Gasteiger partial charge in [0.2, 0.25) is 0 Å². The lowest BCUT2D eigenvalue weighted by Gasteiger charge is -2.42. The van der Waals surface area contributed by atoms with Crippen molar-refractivity contribution in [3.63, 3.8) is 0 Å². The molecule has 0 aromatic heterocycles. The Bertz CT molecular complexity index is 781. The molecule has 1 aromatic carbocycles. The van der Waals surface area contributed by atoms with E-state index in [9.17, 15) is 9.59 Å². The van der Waals surface area contributed by atoms with Gasteiger partial charge >= 0.3 is 12.2 Å². The number of nitrogens with zero attached hydrogens (tertiary/aromatic N) is 2. The highest BCUT2D eigenvalue weighted by Gasteiger charge is 2.46. The summed E-state index contributed by atoms with van der Waals surface area (Å²) >= 11 is 0. The van der Waals surface area contributed by atoms with Crippen LogP contribution in [0.2, 0.25) is 0 Å². The lowest BCUT2D eigenvalue weighted by molar-refractivity contribution is -0.0356. The van der Waals surface area contributed by atoms with Crippen molar-refractivity contribution in [2.24, 2.45) is 0 Å². The minimum absolute atomic E-state index is 0.0783. The summed E-state index contributed by atoms with van der Waals surface area (Å²) < 4.78 is 41.5. The van der Waals surface area contributed by atoms with Crippen LogP contribution in [0, 0.1) is 0 Å². The van der Waals surface area contributed by atoms with E-state index in [0.717, 1.165) is 5.56 Å². The van der Waals surface area contributed by atoms with E-state index in [1.165, 1.54) is 9.80 Å². The van der Waals surface area contributed by atoms with Crippen LogP contribution >= 0.6 is 0 Å². The summed E-state index contributed by atoms with van der Waals surface area (Å²) in [7, 11) is 0. The molecule has 2 aliphatic rings. The Morgan fingerprint density at radius 3 is 1.81 bits per heavy atom. The second-order valence-corrected chi connectivity index (χ2v) is 9.97. The van der Waals surface area contributed by atoms with Crippen LogP contribution in [0.25, 0.3) is 0 Å². The summed E-state index contributed by atoms with van der Waals surface area (Å²) in [6.45, 7) is 6.33. The highest BCUT2D eigenvalue weighted by molar-refractivity contribution is 5.68. The molecule has 0 unspecified atom stereocenters. The number of carbonyl (C=O) groups is 2. The summed E-state index contributed by atoms with van der Waals surface area (Å²) in [4.78, 5) is 27.4. The molecule has 8 heteroatoms. The molecule has 178 valence electrons. The second-order valence-electron chi connectivity index (χ2n) is 9.97. The van der Waals surface area contributed by atoms with Gasteiger partial charge < -0.3 is 19.3 Å². The zero-order chi connectivity index (χ0) is 23.4. The van der Waals surface area contributed by atoms with Crippen molar-refractivity contribution in [2.45, 2.75) is 76.4 Å². The summed E-state index contributed by atoms with van der Waals surface area (Å²) in [5, 5.41) is 0. The topological polar surface area (TPSA) is 59.1 Å². The first-order valence-electron chi connectivity index (χ1n) is 11.3. The second kappa shape index (κ2) is 9.63. The van der Waals surface area contributed by atoms with E-state index in [1.807, 2.05) is 30.3 Å². The number of halogens is 2. The highest BCUT2D eigenvalue weighted by atomic mass is 19.2. The maximum absolute atomic E-state index is 15.4. The number of carbonyl (C=O) groups excluding carboxylic acids is 2. The largest absolute Gasteiger partial charge is 0.445 e. The van der Waals surface area contributed by atoms with Gasteiger partial charge in [0.15, 0.2) is 0 Å². The molecule has 0 bridgehead atoms. The van der Waals surface area contributed by atoms with Crippen molar-refractivity contribution >= 4 is 12.2 Å². The minimum Gasteiger partial charge on any atom is -0.445 e. The molecule has 6 nitrogen and oxygen atoms in total. The molecule has 2 fully saturated rings. The van der Waals surface area contributed by atoms with E-state index in [1.54, 1.807) is 20.8 Å². The number of ether oxygens (including phenoxy) is 2. The maximum atomic E-state index is 15.4. The van der Waals surface area contributed by atoms with Gasteiger partial charge in [-0.25, -0.2) is 18.4 Å². The average Bonchev–Trinajstić information content (AvgIpc) is 2.72. The number of hydrogen-bond donors (Lipinski definition) is 0. The summed E-state index contributed by atoms with van der Waals surface area (Å²) in [5.41, 5.74) is -3.06. The quantitative estimate of drug-likeness (QED) is 0.626. The van der Waals surface area contributed by atoms with E-state index < -0.39 is 29.1 Å². The first-order valence-corrected chi connectivity index (χ1v) is 11.3. The Morgan fingerprint density at radius 2 is 1.34 bits per heavy atom. The maximum Gasteiger partial charge on any atom is 0.410 e. The molecule has 0 saturated carbocycles. The Morgan fingerprint density at radius 1 is 0.875 bits per heavy atom. The van der Waals surface area contributed by atoms with Gasteiger partial charge in [-0.2, -0.15) is 0 Å². The molecular weight excluding hydrogens is 418 g/mol. The first-order chi connectivity index (χ1) is 15.0. The van der Waals surface area contributed by atoms with Gasteiger partial charge in [-0.3, -0.25) is 0 Å². The molecule has 32 heavy (non-hydrogen) atoms. The molecule has 0 N–H and O–H groups in total. The normalized spacial score (nSPS) is 20.5. The third-order valence-corrected chi connectivity index (χ3v) is 6.07. The van der Waals surface area contributed by atoms with Gasteiger partial charge in [0.25, 0.3) is 0 Å².